The summed E-state index contributed by atoms with van der Waals surface area (Å²) in [5.41, 5.74) is 3.41. The lowest BCUT2D eigenvalue weighted by Crippen LogP contribution is -2.44. The van der Waals surface area contributed by atoms with E-state index >= 15 is 0 Å². The summed E-state index contributed by atoms with van der Waals surface area (Å²) in [5, 5.41) is 7.56. The van der Waals surface area contributed by atoms with Gasteiger partial charge in [-0.3, -0.25) is 4.90 Å². The molecule has 0 unspecified atom stereocenters. The quantitative estimate of drug-likeness (QED) is 0.446. The van der Waals surface area contributed by atoms with Crippen LogP contribution in [0.5, 0.6) is 5.06 Å². The summed E-state index contributed by atoms with van der Waals surface area (Å²) in [6, 6.07) is 14.8. The first-order valence-electron chi connectivity index (χ1n) is 9.84. The van der Waals surface area contributed by atoms with Gasteiger partial charge < -0.3 is 9.26 Å². The molecule has 0 saturated carbocycles. The van der Waals surface area contributed by atoms with Gasteiger partial charge in [0.15, 0.2) is 5.06 Å². The molecule has 0 aliphatic carbocycles. The molecule has 0 amide bonds. The second-order valence-electron chi connectivity index (χ2n) is 7.83. The van der Waals surface area contributed by atoms with E-state index in [0.717, 1.165) is 38.9 Å². The van der Waals surface area contributed by atoms with E-state index in [2.05, 4.69) is 58.4 Å². The van der Waals surface area contributed by atoms with Crippen LogP contribution >= 0.6 is 11.3 Å². The number of hydrogen-bond acceptors (Lipinski definition) is 6. The van der Waals surface area contributed by atoms with Crippen molar-refractivity contribution in [2.75, 3.05) is 20.2 Å². The van der Waals surface area contributed by atoms with E-state index in [9.17, 15) is 0 Å². The van der Waals surface area contributed by atoms with Crippen LogP contribution in [0.1, 0.15) is 18.1 Å². The molecule has 1 aliphatic heterocycles. The maximum Gasteiger partial charge on any atom is 0.268 e. The minimum Gasteiger partial charge on any atom is -0.487 e. The van der Waals surface area contributed by atoms with Gasteiger partial charge in [-0.2, -0.15) is 4.98 Å². The number of hydrogen-bond donors (Lipinski definition) is 0. The molecule has 5 nitrogen and oxygen atoms in total. The van der Waals surface area contributed by atoms with Crippen molar-refractivity contribution >= 4 is 22.1 Å². The van der Waals surface area contributed by atoms with E-state index in [0.29, 0.717) is 11.7 Å². The molecule has 1 fully saturated rings. The number of nitrogens with zero attached hydrogens (tertiary/aromatic N) is 3. The molecule has 0 spiro atoms. The number of thiophene rings is 1. The fourth-order valence-corrected chi connectivity index (χ4v) is 5.01. The monoisotopic (exact) mass is 405 g/mol. The van der Waals surface area contributed by atoms with Crippen LogP contribution in [-0.2, 0) is 6.54 Å². The lowest BCUT2D eigenvalue weighted by Gasteiger charge is -2.37. The van der Waals surface area contributed by atoms with Crippen molar-refractivity contribution < 1.29 is 9.26 Å². The molecule has 2 aromatic heterocycles. The highest BCUT2D eigenvalue weighted by molar-refractivity contribution is 7.17. The van der Waals surface area contributed by atoms with Crippen LogP contribution in [0.15, 0.2) is 47.0 Å². The second-order valence-corrected chi connectivity index (χ2v) is 8.84. The number of fused-ring (bicyclic) bond motifs is 1. The van der Waals surface area contributed by atoms with Crippen LogP contribution in [0.3, 0.4) is 0 Å². The number of ether oxygens (including phenoxy) is 1. The van der Waals surface area contributed by atoms with Crippen molar-refractivity contribution in [1.29, 1.82) is 0 Å². The fourth-order valence-electron chi connectivity index (χ4n) is 4.10. The third-order valence-corrected chi connectivity index (χ3v) is 6.67. The van der Waals surface area contributed by atoms with E-state index in [1.165, 1.54) is 35.4 Å². The fraction of sp³-hybridized carbons (Fsp3) is 0.304. The largest absolute Gasteiger partial charge is 0.487 e. The second kappa shape index (κ2) is 7.28. The summed E-state index contributed by atoms with van der Waals surface area (Å²) in [7, 11) is 1.68. The minimum atomic E-state index is 0.527. The summed E-state index contributed by atoms with van der Waals surface area (Å²) in [4.78, 5) is 8.10. The van der Waals surface area contributed by atoms with Crippen LogP contribution < -0.4 is 4.74 Å². The van der Waals surface area contributed by atoms with Gasteiger partial charge >= 0.3 is 0 Å². The number of aromatic nitrogens is 2. The van der Waals surface area contributed by atoms with Gasteiger partial charge in [-0.25, -0.2) is 0 Å². The van der Waals surface area contributed by atoms with Crippen LogP contribution in [0.25, 0.3) is 32.9 Å². The van der Waals surface area contributed by atoms with E-state index in [1.807, 2.05) is 13.0 Å². The van der Waals surface area contributed by atoms with E-state index in [-0.39, 0.29) is 0 Å². The summed E-state index contributed by atoms with van der Waals surface area (Å²) in [5.74, 6) is 1.95. The summed E-state index contributed by atoms with van der Waals surface area (Å²) in [6.07, 6.45) is 0. The molecule has 0 atom stereocenters. The van der Waals surface area contributed by atoms with E-state index in [1.54, 1.807) is 7.11 Å². The molecule has 0 bridgehead atoms. The Morgan fingerprint density at radius 2 is 1.97 bits per heavy atom. The lowest BCUT2D eigenvalue weighted by atomic mass is 9.96. The molecule has 0 radical (unpaired) electrons. The van der Waals surface area contributed by atoms with Gasteiger partial charge in [0.1, 0.15) is 0 Å². The van der Waals surface area contributed by atoms with Gasteiger partial charge in [0.05, 0.1) is 12.0 Å². The van der Waals surface area contributed by atoms with Crippen LogP contribution in [0, 0.1) is 12.8 Å². The van der Waals surface area contributed by atoms with Crippen LogP contribution in [0.2, 0.25) is 0 Å². The number of likely N-dealkylation sites (tertiary alicyclic amines) is 1. The smallest absolute Gasteiger partial charge is 0.268 e. The predicted molar refractivity (Wildman–Crippen MR) is 116 cm³/mol. The van der Waals surface area contributed by atoms with Crippen molar-refractivity contribution in [3.05, 3.63) is 53.6 Å². The molecular weight excluding hydrogens is 382 g/mol. The molecule has 1 saturated heterocycles. The van der Waals surface area contributed by atoms with Crippen LogP contribution in [-0.4, -0.2) is 35.2 Å². The van der Waals surface area contributed by atoms with Gasteiger partial charge in [-0.15, -0.1) is 0 Å². The maximum absolute atomic E-state index is 5.59. The predicted octanol–water partition coefficient (Wildman–Crippen LogP) is 5.39. The van der Waals surface area contributed by atoms with Crippen molar-refractivity contribution in [1.82, 2.24) is 15.0 Å². The normalized spacial score (nSPS) is 15.0. The average molecular weight is 406 g/mol. The first-order valence-corrected chi connectivity index (χ1v) is 10.7. The summed E-state index contributed by atoms with van der Waals surface area (Å²) in [6.45, 7) is 7.65. The van der Waals surface area contributed by atoms with Crippen molar-refractivity contribution in [2.24, 2.45) is 5.92 Å². The average Bonchev–Trinajstić information content (AvgIpc) is 3.33. The first-order chi connectivity index (χ1) is 14.1. The molecule has 5 rings (SSSR count). The lowest BCUT2D eigenvalue weighted by molar-refractivity contribution is 0.105. The molecule has 0 N–H and O–H groups in total. The molecule has 6 heteroatoms. The Hall–Kier alpha value is -2.70. The van der Waals surface area contributed by atoms with Gasteiger partial charge in [0.2, 0.25) is 5.82 Å². The molecule has 3 heterocycles. The Morgan fingerprint density at radius 1 is 1.17 bits per heavy atom. The Bertz CT molecular complexity index is 1170. The molecular formula is C23H23N3O2S. The molecule has 29 heavy (non-hydrogen) atoms. The highest BCUT2D eigenvalue weighted by atomic mass is 32.1. The number of methoxy groups -OCH3 is 1. The molecule has 2 aromatic carbocycles. The number of aryl methyl sites for hydroxylation is 1. The minimum absolute atomic E-state index is 0.527. The first kappa shape index (κ1) is 18.3. The Kier molecular flexibility index (Phi) is 4.60. The number of rotatable bonds is 5. The Morgan fingerprint density at radius 3 is 2.69 bits per heavy atom. The topological polar surface area (TPSA) is 51.4 Å². The molecule has 1 aliphatic rings. The Labute approximate surface area is 173 Å². The van der Waals surface area contributed by atoms with Crippen LogP contribution in [0.4, 0.5) is 0 Å². The highest BCUT2D eigenvalue weighted by Gasteiger charge is 2.23. The number of benzene rings is 2. The third kappa shape index (κ3) is 3.32. The molecule has 4 aromatic rings. The van der Waals surface area contributed by atoms with Gasteiger partial charge in [0, 0.05) is 30.8 Å². The third-order valence-electron chi connectivity index (χ3n) is 5.48. The Balaban J connectivity index is 1.51. The SMILES string of the molecule is COc1sc(-c2nc(-c3ccc(CN4CC(C)C4)c4ccccc34)no2)cc1C. The zero-order chi connectivity index (χ0) is 20.0. The van der Waals surface area contributed by atoms with Crippen molar-refractivity contribution in [3.8, 4) is 27.2 Å². The summed E-state index contributed by atoms with van der Waals surface area (Å²) < 4.78 is 11.0. The standard InChI is InChI=1S/C23H23N3O2S/c1-14-11-26(12-14)13-16-8-9-19(18-7-5-4-6-17(16)18)21-24-22(28-25-21)20-10-15(2)23(27-3)29-20/h4-10,14H,11-13H2,1-3H3. The van der Waals surface area contributed by atoms with Gasteiger partial charge in [-0.05, 0) is 35.2 Å². The zero-order valence-electron chi connectivity index (χ0n) is 16.8. The van der Waals surface area contributed by atoms with Crippen molar-refractivity contribution in [3.63, 3.8) is 0 Å². The molecule has 148 valence electrons. The summed E-state index contributed by atoms with van der Waals surface area (Å²) >= 11 is 1.52. The van der Waals surface area contributed by atoms with E-state index < -0.39 is 0 Å². The van der Waals surface area contributed by atoms with Crippen molar-refractivity contribution in [2.45, 2.75) is 20.4 Å². The highest BCUT2D eigenvalue weighted by Crippen LogP contribution is 2.37. The van der Waals surface area contributed by atoms with Gasteiger partial charge in [0.25, 0.3) is 5.89 Å². The maximum atomic E-state index is 5.59. The zero-order valence-corrected chi connectivity index (χ0v) is 17.6. The van der Waals surface area contributed by atoms with E-state index in [4.69, 9.17) is 9.26 Å². The van der Waals surface area contributed by atoms with Gasteiger partial charge in [-0.1, -0.05) is 59.8 Å².